The number of aromatic nitrogens is 1. The Hall–Kier alpha value is -1.74. The van der Waals surface area contributed by atoms with E-state index in [2.05, 4.69) is 29.6 Å². The van der Waals surface area contributed by atoms with Crippen LogP contribution in [0.15, 0.2) is 9.42 Å². The molecular formula is C26H39N3O5S. The highest BCUT2D eigenvalue weighted by Gasteiger charge is 2.55. The Labute approximate surface area is 211 Å². The Morgan fingerprint density at radius 1 is 1.20 bits per heavy atom. The Balaban J connectivity index is 1.28. The maximum atomic E-state index is 13.4. The van der Waals surface area contributed by atoms with E-state index in [1.165, 1.54) is 11.8 Å². The molecule has 5 saturated carbocycles. The van der Waals surface area contributed by atoms with Gasteiger partial charge in [0.05, 0.1) is 11.0 Å². The second-order valence-electron chi connectivity index (χ2n) is 12.5. The third-order valence-corrected chi connectivity index (χ3v) is 9.51. The van der Waals surface area contributed by atoms with Crippen molar-refractivity contribution in [3.8, 4) is 5.88 Å². The molecule has 2 atom stereocenters. The summed E-state index contributed by atoms with van der Waals surface area (Å²) in [6, 6.07) is 0.342. The summed E-state index contributed by atoms with van der Waals surface area (Å²) in [6.45, 7) is 8.07. The minimum Gasteiger partial charge on any atom is -0.474 e. The topological polar surface area (TPSA) is 114 Å². The summed E-state index contributed by atoms with van der Waals surface area (Å²) in [5, 5.41) is 21.2. The first-order valence-corrected chi connectivity index (χ1v) is 14.1. The number of hydrogen-bond donors (Lipinski definition) is 3. The lowest BCUT2D eigenvalue weighted by molar-refractivity contribution is -0.137. The first-order chi connectivity index (χ1) is 16.5. The third-order valence-electron chi connectivity index (χ3n) is 8.02. The fourth-order valence-electron chi connectivity index (χ4n) is 6.24. The van der Waals surface area contributed by atoms with Crippen molar-refractivity contribution < 1.29 is 24.0 Å². The smallest absolute Gasteiger partial charge is 0.291 e. The predicted molar refractivity (Wildman–Crippen MR) is 132 cm³/mol. The van der Waals surface area contributed by atoms with Crippen molar-refractivity contribution >= 4 is 23.6 Å². The zero-order valence-electron chi connectivity index (χ0n) is 21.3. The Kier molecular flexibility index (Phi) is 6.62. The molecule has 1 aromatic rings. The lowest BCUT2D eigenvalue weighted by atomic mass is 9.52. The number of nitrogens with zero attached hydrogens (tertiary/aromatic N) is 1. The molecule has 0 radical (unpaired) electrons. The molecule has 3 N–H and O–H groups in total. The third kappa shape index (κ3) is 5.36. The van der Waals surface area contributed by atoms with Crippen LogP contribution in [0, 0.1) is 29.1 Å². The molecule has 1 heterocycles. The molecule has 6 rings (SSSR count). The molecule has 2 amide bonds. The molecule has 9 heteroatoms. The Bertz CT molecular complexity index is 956. The maximum absolute atomic E-state index is 13.4. The van der Waals surface area contributed by atoms with E-state index in [1.807, 2.05) is 13.8 Å². The van der Waals surface area contributed by atoms with Crippen molar-refractivity contribution in [1.82, 2.24) is 15.8 Å². The highest BCUT2D eigenvalue weighted by molar-refractivity contribution is 7.99. The van der Waals surface area contributed by atoms with E-state index in [-0.39, 0.29) is 42.1 Å². The zero-order chi connectivity index (χ0) is 25.0. The molecule has 5 fully saturated rings. The van der Waals surface area contributed by atoms with Gasteiger partial charge in [-0.2, -0.15) is 0 Å². The predicted octanol–water partition coefficient (Wildman–Crippen LogP) is 3.78. The number of amides is 2. The molecule has 194 valence electrons. The monoisotopic (exact) mass is 505 g/mol. The summed E-state index contributed by atoms with van der Waals surface area (Å²) in [7, 11) is 0. The standard InChI is InChI=1S/C26H39N3O5S/c1-14(2)12-35-21-20(34-29-23(21)33-13-25(3,4)24(31)27-18-5-6-18)22(30)28-19-16-7-15-8-17(19)11-26(32,9-15)10-16/h14-19,32H,5-13H2,1-4H3,(H,27,31)(H,28,30). The lowest BCUT2D eigenvalue weighted by Crippen LogP contribution is -2.61. The summed E-state index contributed by atoms with van der Waals surface area (Å²) in [5.74, 6) is 2.53. The molecule has 0 spiro atoms. The molecule has 0 aliphatic heterocycles. The average molecular weight is 506 g/mol. The van der Waals surface area contributed by atoms with Crippen molar-refractivity contribution in [1.29, 1.82) is 0 Å². The van der Waals surface area contributed by atoms with E-state index in [1.54, 1.807) is 0 Å². The first-order valence-electron chi connectivity index (χ1n) is 13.1. The number of thioether (sulfide) groups is 1. The van der Waals surface area contributed by atoms with Gasteiger partial charge in [-0.05, 0) is 87.6 Å². The van der Waals surface area contributed by atoms with Crippen LogP contribution in [-0.2, 0) is 4.79 Å². The van der Waals surface area contributed by atoms with Crippen LogP contribution in [0.4, 0.5) is 0 Å². The minimum absolute atomic E-state index is 0.0404. The molecule has 8 nitrogen and oxygen atoms in total. The van der Waals surface area contributed by atoms with Crippen LogP contribution in [0.1, 0.15) is 83.2 Å². The number of aliphatic hydroxyl groups is 1. The van der Waals surface area contributed by atoms with Gasteiger partial charge in [0, 0.05) is 17.8 Å². The van der Waals surface area contributed by atoms with Gasteiger partial charge in [0.25, 0.3) is 11.8 Å². The van der Waals surface area contributed by atoms with Crippen LogP contribution in [-0.4, -0.2) is 52.1 Å². The fraction of sp³-hybridized carbons (Fsp3) is 0.808. The van der Waals surface area contributed by atoms with Crippen molar-refractivity contribution in [2.75, 3.05) is 12.4 Å². The van der Waals surface area contributed by atoms with Crippen molar-refractivity contribution in [2.24, 2.45) is 29.1 Å². The van der Waals surface area contributed by atoms with Gasteiger partial charge in [-0.3, -0.25) is 9.59 Å². The van der Waals surface area contributed by atoms with Gasteiger partial charge in [-0.1, -0.05) is 13.8 Å². The number of rotatable bonds is 10. The first kappa shape index (κ1) is 24.9. The number of nitrogens with one attached hydrogen (secondary N) is 2. The summed E-state index contributed by atoms with van der Waals surface area (Å²) in [6.07, 6.45) is 6.65. The van der Waals surface area contributed by atoms with Crippen LogP contribution in [0.25, 0.3) is 0 Å². The quantitative estimate of drug-likeness (QED) is 0.415. The van der Waals surface area contributed by atoms with Gasteiger partial charge in [0.1, 0.15) is 11.5 Å². The second kappa shape index (κ2) is 9.29. The maximum Gasteiger partial charge on any atom is 0.291 e. The van der Waals surface area contributed by atoms with Crippen LogP contribution in [0.2, 0.25) is 0 Å². The summed E-state index contributed by atoms with van der Waals surface area (Å²) < 4.78 is 11.5. The van der Waals surface area contributed by atoms with E-state index in [9.17, 15) is 14.7 Å². The van der Waals surface area contributed by atoms with Crippen molar-refractivity contribution in [3.63, 3.8) is 0 Å². The van der Waals surface area contributed by atoms with Crippen LogP contribution in [0.5, 0.6) is 5.88 Å². The minimum atomic E-state index is -0.732. The molecule has 35 heavy (non-hydrogen) atoms. The van der Waals surface area contributed by atoms with Gasteiger partial charge in [0.2, 0.25) is 11.7 Å². The highest BCUT2D eigenvalue weighted by atomic mass is 32.2. The second-order valence-corrected chi connectivity index (χ2v) is 13.5. The molecule has 1 aromatic heterocycles. The fourth-order valence-corrected chi connectivity index (χ4v) is 7.22. The molecule has 2 unspecified atom stereocenters. The molecule has 0 saturated heterocycles. The largest absolute Gasteiger partial charge is 0.474 e. The van der Waals surface area contributed by atoms with Gasteiger partial charge in [-0.15, -0.1) is 11.8 Å². The SMILES string of the molecule is CC(C)CSc1c(OCC(C)(C)C(=O)NC2CC2)noc1C(=O)NC1C2CC3CC1CC(O)(C3)C2. The Morgan fingerprint density at radius 3 is 2.49 bits per heavy atom. The van der Waals surface area contributed by atoms with Crippen molar-refractivity contribution in [3.05, 3.63) is 5.76 Å². The molecule has 5 aliphatic carbocycles. The van der Waals surface area contributed by atoms with Crippen molar-refractivity contribution in [2.45, 2.75) is 95.2 Å². The summed E-state index contributed by atoms with van der Waals surface area (Å²) in [5.41, 5.74) is -1.27. The van der Waals surface area contributed by atoms with E-state index < -0.39 is 11.0 Å². The molecule has 0 aromatic carbocycles. The van der Waals surface area contributed by atoms with Crippen LogP contribution < -0.4 is 15.4 Å². The molecule has 4 bridgehead atoms. The van der Waals surface area contributed by atoms with Gasteiger partial charge in [0.15, 0.2) is 0 Å². The normalized spacial score (nSPS) is 31.6. The summed E-state index contributed by atoms with van der Waals surface area (Å²) >= 11 is 1.50. The zero-order valence-corrected chi connectivity index (χ0v) is 22.1. The summed E-state index contributed by atoms with van der Waals surface area (Å²) in [4.78, 5) is 26.6. The van der Waals surface area contributed by atoms with E-state index >= 15 is 0 Å². The van der Waals surface area contributed by atoms with Gasteiger partial charge >= 0.3 is 0 Å². The lowest BCUT2D eigenvalue weighted by Gasteiger charge is -2.58. The van der Waals surface area contributed by atoms with Crippen LogP contribution >= 0.6 is 11.8 Å². The van der Waals surface area contributed by atoms with E-state index in [4.69, 9.17) is 9.26 Å². The number of carbonyl (C=O) groups is 2. The highest BCUT2D eigenvalue weighted by Crippen LogP contribution is 2.55. The van der Waals surface area contributed by atoms with Gasteiger partial charge < -0.3 is 25.0 Å². The Morgan fingerprint density at radius 2 is 1.89 bits per heavy atom. The number of carbonyl (C=O) groups excluding carboxylic acids is 2. The molecular weight excluding hydrogens is 466 g/mol. The number of ether oxygens (including phenoxy) is 1. The van der Waals surface area contributed by atoms with Crippen LogP contribution in [0.3, 0.4) is 0 Å². The average Bonchev–Trinajstić information content (AvgIpc) is 3.48. The number of hydrogen-bond acceptors (Lipinski definition) is 7. The van der Waals surface area contributed by atoms with Gasteiger partial charge in [-0.25, -0.2) is 0 Å². The van der Waals surface area contributed by atoms with E-state index in [0.717, 1.165) is 50.7 Å². The molecule has 5 aliphatic rings. The van der Waals surface area contributed by atoms with E-state index in [0.29, 0.717) is 28.6 Å².